The van der Waals surface area contributed by atoms with Gasteiger partial charge in [0.1, 0.15) is 11.2 Å². The average Bonchev–Trinajstić information content (AvgIpc) is 3.76. The number of para-hydroxylation sites is 1. The van der Waals surface area contributed by atoms with E-state index in [2.05, 4.69) is 184 Å². The first-order valence-corrected chi connectivity index (χ1v) is 19.0. The van der Waals surface area contributed by atoms with Gasteiger partial charge < -0.3 is 9.32 Å². The van der Waals surface area contributed by atoms with Crippen LogP contribution in [-0.4, -0.2) is 0 Å². The van der Waals surface area contributed by atoms with E-state index in [1.54, 1.807) is 0 Å². The van der Waals surface area contributed by atoms with Gasteiger partial charge in [-0.05, 0) is 115 Å². The minimum Gasteiger partial charge on any atom is -0.456 e. The van der Waals surface area contributed by atoms with E-state index in [1.807, 2.05) is 12.1 Å². The highest BCUT2D eigenvalue weighted by Gasteiger charge is 2.39. The number of fused-ring (bicyclic) bond motifs is 10. The molecule has 2 heteroatoms. The number of rotatable bonds is 4. The zero-order valence-electron chi connectivity index (χ0n) is 30.9. The molecule has 0 atom stereocenters. The molecule has 54 heavy (non-hydrogen) atoms. The van der Waals surface area contributed by atoms with Crippen LogP contribution in [0, 0.1) is 0 Å². The van der Waals surface area contributed by atoms with E-state index in [0.29, 0.717) is 0 Å². The second kappa shape index (κ2) is 11.1. The van der Waals surface area contributed by atoms with E-state index >= 15 is 0 Å². The molecular weight excluding hydrogens is 655 g/mol. The molecule has 11 rings (SSSR count). The lowest BCUT2D eigenvalue weighted by Gasteiger charge is -2.30. The van der Waals surface area contributed by atoms with Crippen molar-refractivity contribution in [2.45, 2.75) is 38.5 Å². The predicted molar refractivity (Wildman–Crippen MR) is 226 cm³/mol. The molecule has 0 saturated heterocycles. The number of furan rings is 1. The first-order valence-electron chi connectivity index (χ1n) is 19.0. The highest BCUT2D eigenvalue weighted by atomic mass is 16.3. The molecule has 0 radical (unpaired) electrons. The number of anilines is 3. The van der Waals surface area contributed by atoms with Gasteiger partial charge in [-0.2, -0.15) is 0 Å². The van der Waals surface area contributed by atoms with Crippen LogP contribution in [0.25, 0.3) is 66.1 Å². The van der Waals surface area contributed by atoms with E-state index < -0.39 is 0 Å². The SMILES string of the molecule is CC1(C)c2ccccc2-c2cc(N(c3ccc(-c4ccc5cc6c(cc5c4)oc4ccccc46)cc3)c3cccc4c3-c3ccccc3C4(C)C)ccc21. The number of hydrogen-bond donors (Lipinski definition) is 0. The van der Waals surface area contributed by atoms with Crippen LogP contribution in [0.15, 0.2) is 168 Å². The molecule has 1 heterocycles. The van der Waals surface area contributed by atoms with E-state index in [4.69, 9.17) is 4.42 Å². The van der Waals surface area contributed by atoms with Crippen molar-refractivity contribution < 1.29 is 4.42 Å². The van der Waals surface area contributed by atoms with Gasteiger partial charge in [-0.1, -0.05) is 137 Å². The molecule has 0 unspecified atom stereocenters. The zero-order chi connectivity index (χ0) is 36.3. The Balaban J connectivity index is 1.07. The summed E-state index contributed by atoms with van der Waals surface area (Å²) in [6.45, 7) is 9.42. The van der Waals surface area contributed by atoms with Gasteiger partial charge in [0.15, 0.2) is 0 Å². The van der Waals surface area contributed by atoms with Crippen LogP contribution >= 0.6 is 0 Å². The average molecular weight is 694 g/mol. The lowest BCUT2D eigenvalue weighted by Crippen LogP contribution is -2.16. The van der Waals surface area contributed by atoms with Crippen LogP contribution in [0.3, 0.4) is 0 Å². The quantitative estimate of drug-likeness (QED) is 0.182. The Kier molecular flexibility index (Phi) is 6.39. The van der Waals surface area contributed by atoms with Gasteiger partial charge in [-0.15, -0.1) is 0 Å². The van der Waals surface area contributed by atoms with Gasteiger partial charge in [-0.3, -0.25) is 0 Å². The molecule has 9 aromatic rings. The first-order chi connectivity index (χ1) is 26.3. The van der Waals surface area contributed by atoms with Gasteiger partial charge >= 0.3 is 0 Å². The number of benzene rings is 8. The first kappa shape index (κ1) is 31.2. The van der Waals surface area contributed by atoms with E-state index in [-0.39, 0.29) is 10.8 Å². The topological polar surface area (TPSA) is 16.4 Å². The van der Waals surface area contributed by atoms with Gasteiger partial charge in [0.25, 0.3) is 0 Å². The van der Waals surface area contributed by atoms with Crippen molar-refractivity contribution in [2.75, 3.05) is 4.90 Å². The van der Waals surface area contributed by atoms with Crippen LogP contribution in [0.4, 0.5) is 17.1 Å². The Bertz CT molecular complexity index is 3000. The molecule has 0 saturated carbocycles. The Morgan fingerprint density at radius 1 is 0.407 bits per heavy atom. The van der Waals surface area contributed by atoms with Gasteiger partial charge in [0, 0.05) is 38.5 Å². The van der Waals surface area contributed by atoms with Crippen molar-refractivity contribution in [3.8, 4) is 33.4 Å². The molecule has 0 spiro atoms. The normalized spacial score (nSPS) is 14.6. The maximum absolute atomic E-state index is 6.25. The highest BCUT2D eigenvalue weighted by molar-refractivity contribution is 6.10. The maximum Gasteiger partial charge on any atom is 0.136 e. The fourth-order valence-electron chi connectivity index (χ4n) is 9.65. The standard InChI is InChI=1S/C52H39NO/c1-51(2)43-15-8-5-12-38(43)41-31-37(26-27-45(41)51)53(47-18-11-17-46-50(47)40-14-6-9-16-44(40)52(46,3)4)36-24-22-32(23-25-36)33-20-21-34-29-42-39-13-7-10-19-48(39)54-49(42)30-35(34)28-33/h5-31H,1-4H3. The van der Waals surface area contributed by atoms with E-state index in [1.165, 1.54) is 72.1 Å². The largest absolute Gasteiger partial charge is 0.456 e. The molecule has 0 fully saturated rings. The van der Waals surface area contributed by atoms with Crippen molar-refractivity contribution in [3.05, 3.63) is 186 Å². The fraction of sp³-hybridized carbons (Fsp3) is 0.115. The van der Waals surface area contributed by atoms with Crippen molar-refractivity contribution in [3.63, 3.8) is 0 Å². The Labute approximate surface area is 315 Å². The fourth-order valence-corrected chi connectivity index (χ4v) is 9.65. The third-order valence-corrected chi connectivity index (χ3v) is 12.4. The van der Waals surface area contributed by atoms with Crippen LogP contribution in [-0.2, 0) is 10.8 Å². The number of hydrogen-bond acceptors (Lipinski definition) is 2. The summed E-state index contributed by atoms with van der Waals surface area (Å²) in [5.41, 5.74) is 18.3. The Morgan fingerprint density at radius 2 is 1.06 bits per heavy atom. The molecule has 0 N–H and O–H groups in total. The second-order valence-electron chi connectivity index (χ2n) is 16.2. The van der Waals surface area contributed by atoms with Crippen LogP contribution < -0.4 is 4.90 Å². The molecule has 258 valence electrons. The molecular formula is C52H39NO. The van der Waals surface area contributed by atoms with Crippen molar-refractivity contribution in [2.24, 2.45) is 0 Å². The Hall–Kier alpha value is -6.38. The molecule has 2 nitrogen and oxygen atoms in total. The Morgan fingerprint density at radius 3 is 1.89 bits per heavy atom. The van der Waals surface area contributed by atoms with Crippen molar-refractivity contribution in [1.82, 2.24) is 0 Å². The van der Waals surface area contributed by atoms with E-state index in [9.17, 15) is 0 Å². The van der Waals surface area contributed by atoms with Crippen LogP contribution in [0.1, 0.15) is 49.9 Å². The summed E-state index contributed by atoms with van der Waals surface area (Å²) >= 11 is 0. The summed E-state index contributed by atoms with van der Waals surface area (Å²) in [6, 6.07) is 60.5. The summed E-state index contributed by atoms with van der Waals surface area (Å²) in [5.74, 6) is 0. The molecule has 0 amide bonds. The van der Waals surface area contributed by atoms with Crippen LogP contribution in [0.2, 0.25) is 0 Å². The van der Waals surface area contributed by atoms with Gasteiger partial charge in [0.05, 0.1) is 5.69 Å². The lowest BCUT2D eigenvalue weighted by atomic mass is 9.82. The monoisotopic (exact) mass is 693 g/mol. The second-order valence-corrected chi connectivity index (χ2v) is 16.2. The third-order valence-electron chi connectivity index (χ3n) is 12.4. The minimum absolute atomic E-state index is 0.0517. The van der Waals surface area contributed by atoms with Gasteiger partial charge in [-0.25, -0.2) is 0 Å². The lowest BCUT2D eigenvalue weighted by molar-refractivity contribution is 0.660. The van der Waals surface area contributed by atoms with Crippen molar-refractivity contribution >= 4 is 49.8 Å². The van der Waals surface area contributed by atoms with Crippen molar-refractivity contribution in [1.29, 1.82) is 0 Å². The summed E-state index contributed by atoms with van der Waals surface area (Å²) in [4.78, 5) is 2.48. The summed E-state index contributed by atoms with van der Waals surface area (Å²) < 4.78 is 6.25. The summed E-state index contributed by atoms with van der Waals surface area (Å²) in [6.07, 6.45) is 0. The predicted octanol–water partition coefficient (Wildman–Crippen LogP) is 14.5. The van der Waals surface area contributed by atoms with Gasteiger partial charge in [0.2, 0.25) is 0 Å². The summed E-state index contributed by atoms with van der Waals surface area (Å²) in [7, 11) is 0. The molecule has 1 aromatic heterocycles. The smallest absolute Gasteiger partial charge is 0.136 e. The third kappa shape index (κ3) is 4.34. The maximum atomic E-state index is 6.25. The minimum atomic E-state index is -0.0948. The number of nitrogens with zero attached hydrogens (tertiary/aromatic N) is 1. The molecule has 8 aromatic carbocycles. The molecule has 2 aliphatic carbocycles. The molecule has 0 aliphatic heterocycles. The van der Waals surface area contributed by atoms with Crippen LogP contribution in [0.5, 0.6) is 0 Å². The summed E-state index contributed by atoms with van der Waals surface area (Å²) in [5, 5.41) is 4.70. The van der Waals surface area contributed by atoms with E-state index in [0.717, 1.165) is 33.3 Å². The molecule has 2 aliphatic rings. The zero-order valence-corrected chi connectivity index (χ0v) is 30.9. The highest BCUT2D eigenvalue weighted by Crippen LogP contribution is 2.55. The molecule has 0 bridgehead atoms.